The van der Waals surface area contributed by atoms with Crippen LogP contribution >= 0.6 is 34.1 Å². The van der Waals surface area contributed by atoms with Crippen LogP contribution in [0.2, 0.25) is 0 Å². The minimum Gasteiger partial charge on any atom is -0.312 e. The summed E-state index contributed by atoms with van der Waals surface area (Å²) >= 11 is 3.77. The van der Waals surface area contributed by atoms with Gasteiger partial charge >= 0.3 is 0 Å². The maximum absolute atomic E-state index is 3.90. The average Bonchev–Trinajstić information content (AvgIpc) is 2.82. The van der Waals surface area contributed by atoms with Crippen molar-refractivity contribution in [3.05, 3.63) is 44.5 Å². The van der Waals surface area contributed by atoms with Gasteiger partial charge in [0.25, 0.3) is 0 Å². The maximum Gasteiger partial charge on any atom is 0.0669 e. The van der Waals surface area contributed by atoms with Crippen molar-refractivity contribution < 1.29 is 0 Å². The molecule has 3 nitrogen and oxygen atoms in total. The van der Waals surface area contributed by atoms with Gasteiger partial charge in [0.15, 0.2) is 0 Å². The predicted octanol–water partition coefficient (Wildman–Crippen LogP) is 2.65. The summed E-state index contributed by atoms with van der Waals surface area (Å²) in [6, 6.07) is 8.91. The van der Waals surface area contributed by atoms with Gasteiger partial charge in [0, 0.05) is 9.61 Å². The van der Waals surface area contributed by atoms with Gasteiger partial charge in [0.2, 0.25) is 0 Å². The lowest BCUT2D eigenvalue weighted by Crippen LogP contribution is -2.17. The summed E-state index contributed by atoms with van der Waals surface area (Å²) in [5.74, 6) is 0. The van der Waals surface area contributed by atoms with Gasteiger partial charge in [-0.1, -0.05) is 16.6 Å². The molecule has 0 radical (unpaired) electrons. The molecule has 0 saturated carbocycles. The standard InChI is InChI=1S/C11H12IN3S/c1-13-10(11-7-14-15-16-11)6-8-2-4-9(12)5-3-8/h2-5,7,10,13H,6H2,1H3. The summed E-state index contributed by atoms with van der Waals surface area (Å²) in [5.41, 5.74) is 1.33. The summed E-state index contributed by atoms with van der Waals surface area (Å²) in [5, 5.41) is 7.17. The van der Waals surface area contributed by atoms with Crippen molar-refractivity contribution in [3.63, 3.8) is 0 Å². The van der Waals surface area contributed by atoms with Crippen LogP contribution in [0.1, 0.15) is 16.5 Å². The van der Waals surface area contributed by atoms with Crippen molar-refractivity contribution in [2.75, 3.05) is 7.05 Å². The van der Waals surface area contributed by atoms with Crippen LogP contribution in [0.5, 0.6) is 0 Å². The molecular formula is C11H12IN3S. The molecular weight excluding hydrogens is 333 g/mol. The first-order valence-electron chi connectivity index (χ1n) is 4.98. The van der Waals surface area contributed by atoms with Crippen LogP contribution < -0.4 is 5.32 Å². The summed E-state index contributed by atoms with van der Waals surface area (Å²) in [4.78, 5) is 1.18. The quantitative estimate of drug-likeness (QED) is 0.866. The van der Waals surface area contributed by atoms with Crippen LogP contribution in [-0.4, -0.2) is 16.6 Å². The highest BCUT2D eigenvalue weighted by Gasteiger charge is 2.12. The minimum absolute atomic E-state index is 0.306. The first kappa shape index (κ1) is 11.9. The monoisotopic (exact) mass is 345 g/mol. The largest absolute Gasteiger partial charge is 0.312 e. The van der Waals surface area contributed by atoms with Gasteiger partial charge in [-0.05, 0) is 65.3 Å². The lowest BCUT2D eigenvalue weighted by Gasteiger charge is -2.13. The van der Waals surface area contributed by atoms with E-state index >= 15 is 0 Å². The first-order chi connectivity index (χ1) is 7.79. The first-order valence-corrected chi connectivity index (χ1v) is 6.84. The molecule has 0 aliphatic rings. The van der Waals surface area contributed by atoms with Crippen LogP contribution in [0.4, 0.5) is 0 Å². The molecule has 1 atom stereocenters. The minimum atomic E-state index is 0.306. The van der Waals surface area contributed by atoms with E-state index in [0.717, 1.165) is 6.42 Å². The zero-order valence-corrected chi connectivity index (χ0v) is 11.8. The van der Waals surface area contributed by atoms with Gasteiger partial charge in [0.1, 0.15) is 0 Å². The van der Waals surface area contributed by atoms with Gasteiger partial charge in [-0.25, -0.2) is 0 Å². The van der Waals surface area contributed by atoms with Crippen molar-refractivity contribution in [2.24, 2.45) is 0 Å². The number of nitrogens with zero attached hydrogens (tertiary/aromatic N) is 2. The second-order valence-corrected chi connectivity index (χ2v) is 5.55. The Balaban J connectivity index is 2.10. The Morgan fingerprint density at radius 3 is 2.69 bits per heavy atom. The molecule has 0 fully saturated rings. The third-order valence-electron chi connectivity index (χ3n) is 2.42. The van der Waals surface area contributed by atoms with Gasteiger partial charge in [-0.15, -0.1) is 5.10 Å². The molecule has 1 N–H and O–H groups in total. The maximum atomic E-state index is 3.90. The summed E-state index contributed by atoms with van der Waals surface area (Å²) < 4.78 is 5.16. The van der Waals surface area contributed by atoms with Gasteiger partial charge in [-0.3, -0.25) is 0 Å². The lowest BCUT2D eigenvalue weighted by molar-refractivity contribution is 0.601. The second-order valence-electron chi connectivity index (χ2n) is 3.49. The van der Waals surface area contributed by atoms with E-state index in [9.17, 15) is 0 Å². The highest BCUT2D eigenvalue weighted by Crippen LogP contribution is 2.20. The summed E-state index contributed by atoms with van der Waals surface area (Å²) in [7, 11) is 1.97. The van der Waals surface area contributed by atoms with E-state index in [-0.39, 0.29) is 0 Å². The number of nitrogens with one attached hydrogen (secondary N) is 1. The number of hydrogen-bond donors (Lipinski definition) is 1. The molecule has 84 valence electrons. The highest BCUT2D eigenvalue weighted by molar-refractivity contribution is 14.1. The van der Waals surface area contributed by atoms with Gasteiger partial charge < -0.3 is 5.32 Å². The Bertz CT molecular complexity index is 427. The lowest BCUT2D eigenvalue weighted by atomic mass is 10.1. The van der Waals surface area contributed by atoms with E-state index in [1.807, 2.05) is 13.2 Å². The third kappa shape index (κ3) is 2.99. The van der Waals surface area contributed by atoms with Crippen LogP contribution in [0, 0.1) is 3.57 Å². The molecule has 2 aromatic rings. The number of halogens is 1. The molecule has 1 aromatic carbocycles. The number of hydrogen-bond acceptors (Lipinski definition) is 4. The average molecular weight is 345 g/mol. The Morgan fingerprint density at radius 1 is 1.38 bits per heavy atom. The summed E-state index contributed by atoms with van der Waals surface area (Å²) in [6.45, 7) is 0. The zero-order chi connectivity index (χ0) is 11.4. The molecule has 0 aliphatic heterocycles. The predicted molar refractivity (Wildman–Crippen MR) is 74.6 cm³/mol. The SMILES string of the molecule is CNC(Cc1ccc(I)cc1)c1cnns1. The van der Waals surface area contributed by atoms with Crippen molar-refractivity contribution in [1.82, 2.24) is 14.9 Å². The second kappa shape index (κ2) is 5.70. The van der Waals surface area contributed by atoms with E-state index in [1.54, 1.807) is 0 Å². The van der Waals surface area contributed by atoms with Crippen molar-refractivity contribution >= 4 is 34.1 Å². The molecule has 2 rings (SSSR count). The molecule has 0 bridgehead atoms. The molecule has 0 amide bonds. The normalized spacial score (nSPS) is 12.6. The molecule has 1 heterocycles. The molecule has 1 aromatic heterocycles. The molecule has 0 spiro atoms. The number of rotatable bonds is 4. The van der Waals surface area contributed by atoms with E-state index in [1.165, 1.54) is 25.5 Å². The number of likely N-dealkylation sites (N-methyl/N-ethyl adjacent to an activating group) is 1. The van der Waals surface area contributed by atoms with Gasteiger partial charge in [-0.2, -0.15) is 0 Å². The van der Waals surface area contributed by atoms with E-state index in [0.29, 0.717) is 6.04 Å². The number of benzene rings is 1. The fourth-order valence-electron chi connectivity index (χ4n) is 1.53. The smallest absolute Gasteiger partial charge is 0.0669 e. The van der Waals surface area contributed by atoms with Crippen molar-refractivity contribution in [1.29, 1.82) is 0 Å². The Morgan fingerprint density at radius 2 is 2.12 bits per heavy atom. The molecule has 1 unspecified atom stereocenters. The fourth-order valence-corrected chi connectivity index (χ4v) is 2.50. The van der Waals surface area contributed by atoms with Crippen molar-refractivity contribution in [3.8, 4) is 0 Å². The van der Waals surface area contributed by atoms with Crippen LogP contribution in [0.15, 0.2) is 30.5 Å². The van der Waals surface area contributed by atoms with Crippen molar-refractivity contribution in [2.45, 2.75) is 12.5 Å². The number of aromatic nitrogens is 2. The zero-order valence-electron chi connectivity index (χ0n) is 8.85. The van der Waals surface area contributed by atoms with Crippen LogP contribution in [0.25, 0.3) is 0 Å². The molecule has 0 aliphatic carbocycles. The van der Waals surface area contributed by atoms with E-state index in [2.05, 4.69) is 61.8 Å². The van der Waals surface area contributed by atoms with Crippen LogP contribution in [-0.2, 0) is 6.42 Å². The third-order valence-corrected chi connectivity index (χ3v) is 3.92. The Labute approximate surface area is 113 Å². The highest BCUT2D eigenvalue weighted by atomic mass is 127. The molecule has 5 heteroatoms. The Kier molecular flexibility index (Phi) is 4.25. The molecule has 0 saturated heterocycles. The van der Waals surface area contributed by atoms with Gasteiger partial charge in [0.05, 0.1) is 11.1 Å². The topological polar surface area (TPSA) is 37.8 Å². The fraction of sp³-hybridized carbons (Fsp3) is 0.273. The summed E-state index contributed by atoms with van der Waals surface area (Å²) in [6.07, 6.45) is 2.80. The Hall–Kier alpha value is -0.530. The van der Waals surface area contributed by atoms with E-state index < -0.39 is 0 Å². The van der Waals surface area contributed by atoms with Crippen LogP contribution in [0.3, 0.4) is 0 Å². The molecule has 16 heavy (non-hydrogen) atoms. The van der Waals surface area contributed by atoms with E-state index in [4.69, 9.17) is 0 Å².